The highest BCUT2D eigenvalue weighted by Crippen LogP contribution is 2.27. The molecule has 0 spiro atoms. The van der Waals surface area contributed by atoms with Crippen LogP contribution in [0, 0.1) is 10.1 Å². The second-order valence-corrected chi connectivity index (χ2v) is 5.66. The second-order valence-electron chi connectivity index (χ2n) is 4.41. The molecular formula is C15H9Cl3N2O3. The molecule has 0 bridgehead atoms. The van der Waals surface area contributed by atoms with Crippen LogP contribution in [-0.2, 0) is 4.79 Å². The van der Waals surface area contributed by atoms with Gasteiger partial charge in [0.1, 0.15) is 5.02 Å². The monoisotopic (exact) mass is 370 g/mol. The summed E-state index contributed by atoms with van der Waals surface area (Å²) in [5.74, 6) is -0.465. The summed E-state index contributed by atoms with van der Waals surface area (Å²) in [5, 5.41) is 14.2. The summed E-state index contributed by atoms with van der Waals surface area (Å²) < 4.78 is 0. The summed E-state index contributed by atoms with van der Waals surface area (Å²) in [5.41, 5.74) is 0.598. The number of carbonyl (C=O) groups excluding carboxylic acids is 1. The zero-order valence-electron chi connectivity index (χ0n) is 11.4. The van der Waals surface area contributed by atoms with Crippen molar-refractivity contribution in [3.05, 3.63) is 73.2 Å². The Kier molecular flexibility index (Phi) is 5.60. The number of carbonyl (C=O) groups is 1. The van der Waals surface area contributed by atoms with E-state index in [0.717, 1.165) is 0 Å². The molecular weight excluding hydrogens is 363 g/mol. The van der Waals surface area contributed by atoms with E-state index in [-0.39, 0.29) is 16.4 Å². The number of hydrogen-bond acceptors (Lipinski definition) is 3. The van der Waals surface area contributed by atoms with Gasteiger partial charge in [-0.3, -0.25) is 14.9 Å². The molecule has 8 heteroatoms. The minimum atomic E-state index is -0.624. The third-order valence-corrected chi connectivity index (χ3v) is 3.67. The van der Waals surface area contributed by atoms with Crippen LogP contribution in [-0.4, -0.2) is 10.8 Å². The molecule has 23 heavy (non-hydrogen) atoms. The van der Waals surface area contributed by atoms with Crippen LogP contribution < -0.4 is 5.32 Å². The van der Waals surface area contributed by atoms with Gasteiger partial charge in [0.15, 0.2) is 0 Å². The molecule has 0 aliphatic rings. The van der Waals surface area contributed by atoms with Crippen molar-refractivity contribution in [3.8, 4) is 0 Å². The molecule has 2 aromatic carbocycles. The van der Waals surface area contributed by atoms with E-state index < -0.39 is 10.8 Å². The number of rotatable bonds is 4. The minimum Gasteiger partial charge on any atom is -0.322 e. The smallest absolute Gasteiger partial charge is 0.289 e. The molecule has 118 valence electrons. The molecule has 0 aliphatic heterocycles. The fourth-order valence-electron chi connectivity index (χ4n) is 1.72. The summed E-state index contributed by atoms with van der Waals surface area (Å²) >= 11 is 17.5. The lowest BCUT2D eigenvalue weighted by Gasteiger charge is -2.03. The second kappa shape index (κ2) is 7.46. The molecule has 0 saturated carbocycles. The van der Waals surface area contributed by atoms with Gasteiger partial charge in [-0.25, -0.2) is 0 Å². The maximum Gasteiger partial charge on any atom is 0.289 e. The van der Waals surface area contributed by atoms with Crippen molar-refractivity contribution in [3.63, 3.8) is 0 Å². The lowest BCUT2D eigenvalue weighted by atomic mass is 10.2. The van der Waals surface area contributed by atoms with E-state index in [1.807, 2.05) is 0 Å². The Morgan fingerprint density at radius 3 is 2.48 bits per heavy atom. The number of anilines is 1. The third-order valence-electron chi connectivity index (χ3n) is 2.79. The van der Waals surface area contributed by atoms with Crippen molar-refractivity contribution in [1.29, 1.82) is 0 Å². The number of nitro groups is 1. The Hall–Kier alpha value is -2.08. The number of amides is 1. The summed E-state index contributed by atoms with van der Waals surface area (Å²) in [4.78, 5) is 22.0. The van der Waals surface area contributed by atoms with E-state index in [4.69, 9.17) is 34.8 Å². The van der Waals surface area contributed by atoms with Crippen LogP contribution in [0.1, 0.15) is 5.56 Å². The first-order chi connectivity index (χ1) is 10.9. The van der Waals surface area contributed by atoms with Crippen molar-refractivity contribution < 1.29 is 9.72 Å². The SMILES string of the molecule is O=C(C=Cc1ccc(Cl)cc1Cl)Nc1ccc(Cl)c([N+](=O)[O-])c1. The van der Waals surface area contributed by atoms with Gasteiger partial charge in [-0.1, -0.05) is 40.9 Å². The number of nitrogens with one attached hydrogen (secondary N) is 1. The zero-order valence-corrected chi connectivity index (χ0v) is 13.7. The Labute approximate surface area is 146 Å². The van der Waals surface area contributed by atoms with Gasteiger partial charge >= 0.3 is 0 Å². The van der Waals surface area contributed by atoms with Gasteiger partial charge in [-0.05, 0) is 35.9 Å². The van der Waals surface area contributed by atoms with Gasteiger partial charge in [0.2, 0.25) is 5.91 Å². The van der Waals surface area contributed by atoms with Crippen LogP contribution >= 0.6 is 34.8 Å². The normalized spacial score (nSPS) is 10.7. The molecule has 0 fully saturated rings. The van der Waals surface area contributed by atoms with Gasteiger partial charge in [-0.2, -0.15) is 0 Å². The van der Waals surface area contributed by atoms with Crippen molar-refractivity contribution >= 4 is 58.2 Å². The first-order valence-electron chi connectivity index (χ1n) is 6.25. The highest BCUT2D eigenvalue weighted by atomic mass is 35.5. The molecule has 2 aromatic rings. The zero-order chi connectivity index (χ0) is 17.0. The maximum atomic E-state index is 11.9. The Morgan fingerprint density at radius 2 is 1.83 bits per heavy atom. The van der Waals surface area contributed by atoms with Crippen molar-refractivity contribution in [2.75, 3.05) is 5.32 Å². The van der Waals surface area contributed by atoms with Gasteiger partial charge in [-0.15, -0.1) is 0 Å². The van der Waals surface area contributed by atoms with E-state index >= 15 is 0 Å². The van der Waals surface area contributed by atoms with Crippen molar-refractivity contribution in [2.45, 2.75) is 0 Å². The topological polar surface area (TPSA) is 72.2 Å². The predicted octanol–water partition coefficient (Wildman–Crippen LogP) is 5.21. The molecule has 1 N–H and O–H groups in total. The molecule has 0 unspecified atom stereocenters. The predicted molar refractivity (Wildman–Crippen MR) is 92.2 cm³/mol. The van der Waals surface area contributed by atoms with Crippen LogP contribution in [0.4, 0.5) is 11.4 Å². The summed E-state index contributed by atoms with van der Waals surface area (Å²) in [6.07, 6.45) is 2.77. The van der Waals surface area contributed by atoms with E-state index in [2.05, 4.69) is 5.32 Å². The molecule has 0 aromatic heterocycles. The number of halogens is 3. The van der Waals surface area contributed by atoms with Crippen LogP contribution in [0.15, 0.2) is 42.5 Å². The fraction of sp³-hybridized carbons (Fsp3) is 0. The highest BCUT2D eigenvalue weighted by Gasteiger charge is 2.13. The van der Waals surface area contributed by atoms with Gasteiger partial charge in [0, 0.05) is 27.9 Å². The van der Waals surface area contributed by atoms with Gasteiger partial charge in [0.05, 0.1) is 4.92 Å². The molecule has 0 heterocycles. The van der Waals surface area contributed by atoms with Gasteiger partial charge < -0.3 is 5.32 Å². The number of nitro benzene ring substituents is 1. The third kappa shape index (κ3) is 4.69. The van der Waals surface area contributed by atoms with Crippen molar-refractivity contribution in [1.82, 2.24) is 0 Å². The first-order valence-corrected chi connectivity index (χ1v) is 7.38. The lowest BCUT2D eigenvalue weighted by Crippen LogP contribution is -2.08. The van der Waals surface area contributed by atoms with E-state index in [1.54, 1.807) is 18.2 Å². The molecule has 1 amide bonds. The molecule has 2 rings (SSSR count). The summed E-state index contributed by atoms with van der Waals surface area (Å²) in [6.45, 7) is 0. The van der Waals surface area contributed by atoms with Crippen LogP contribution in [0.25, 0.3) is 6.08 Å². The molecule has 0 saturated heterocycles. The van der Waals surface area contributed by atoms with E-state index in [1.165, 1.54) is 30.4 Å². The van der Waals surface area contributed by atoms with E-state index in [9.17, 15) is 14.9 Å². The molecule has 5 nitrogen and oxygen atoms in total. The first kappa shape index (κ1) is 17.3. The Bertz CT molecular complexity index is 807. The summed E-state index contributed by atoms with van der Waals surface area (Å²) in [7, 11) is 0. The fourth-order valence-corrected chi connectivity index (χ4v) is 2.37. The standard InChI is InChI=1S/C15H9Cl3N2O3/c16-10-3-1-9(13(18)7-10)2-6-15(21)19-11-4-5-12(17)14(8-11)20(22)23/h1-8H,(H,19,21). The van der Waals surface area contributed by atoms with Crippen LogP contribution in [0.3, 0.4) is 0 Å². The van der Waals surface area contributed by atoms with Crippen molar-refractivity contribution in [2.24, 2.45) is 0 Å². The van der Waals surface area contributed by atoms with Gasteiger partial charge in [0.25, 0.3) is 5.69 Å². The van der Waals surface area contributed by atoms with Crippen LogP contribution in [0.2, 0.25) is 15.1 Å². The number of hydrogen-bond donors (Lipinski definition) is 1. The molecule has 0 radical (unpaired) electrons. The van der Waals surface area contributed by atoms with E-state index in [0.29, 0.717) is 15.6 Å². The largest absolute Gasteiger partial charge is 0.322 e. The average molecular weight is 372 g/mol. The summed E-state index contributed by atoms with van der Waals surface area (Å²) in [6, 6.07) is 8.87. The number of nitrogens with zero attached hydrogens (tertiary/aromatic N) is 1. The quantitative estimate of drug-likeness (QED) is 0.456. The molecule has 0 atom stereocenters. The average Bonchev–Trinajstić information content (AvgIpc) is 2.48. The maximum absolute atomic E-state index is 11.9. The van der Waals surface area contributed by atoms with Crippen LogP contribution in [0.5, 0.6) is 0 Å². The lowest BCUT2D eigenvalue weighted by molar-refractivity contribution is -0.384. The number of benzene rings is 2. The highest BCUT2D eigenvalue weighted by molar-refractivity contribution is 6.35. The Morgan fingerprint density at radius 1 is 1.09 bits per heavy atom. The Balaban J connectivity index is 2.12. The molecule has 0 aliphatic carbocycles. The minimum absolute atomic E-state index is 0.00325.